The number of hydrogen-bond acceptors (Lipinski definition) is 10. The third kappa shape index (κ3) is 6.98. The number of aliphatic hydroxyl groups excluding tert-OH is 2. The Morgan fingerprint density at radius 1 is 1.00 bits per heavy atom. The minimum atomic E-state index is -3.85. The van der Waals surface area contributed by atoms with Gasteiger partial charge in [0.2, 0.25) is 23.1 Å². The lowest BCUT2D eigenvalue weighted by atomic mass is 9.74. The van der Waals surface area contributed by atoms with E-state index < -0.39 is 77.6 Å². The number of fused-ring (bicyclic) bond motifs is 2. The molecule has 0 spiro atoms. The van der Waals surface area contributed by atoms with Crippen LogP contribution in [0.1, 0.15) is 65.9 Å². The fraction of sp³-hybridized carbons (Fsp3) is 0.636. The number of esters is 1. The van der Waals surface area contributed by atoms with Crippen molar-refractivity contribution in [1.82, 2.24) is 0 Å². The summed E-state index contributed by atoms with van der Waals surface area (Å²) in [4.78, 5) is 50.6. The van der Waals surface area contributed by atoms with E-state index in [2.05, 4.69) is 0 Å². The van der Waals surface area contributed by atoms with Crippen LogP contribution < -0.4 is 0 Å². The first-order valence-electron chi connectivity index (χ1n) is 15.6. The Labute approximate surface area is 267 Å². The lowest BCUT2D eigenvalue weighted by Gasteiger charge is -2.48. The van der Waals surface area contributed by atoms with Gasteiger partial charge in [0.15, 0.2) is 6.10 Å². The summed E-state index contributed by atoms with van der Waals surface area (Å²) in [5, 5.41) is 64.2. The monoisotopic (exact) mass is 650 g/mol. The number of carboxylic acids is 3. The molecule has 2 bridgehead atoms. The fourth-order valence-electron chi connectivity index (χ4n) is 6.50. The van der Waals surface area contributed by atoms with Crippen molar-refractivity contribution in [1.29, 1.82) is 0 Å². The van der Waals surface area contributed by atoms with Gasteiger partial charge >= 0.3 is 23.9 Å². The number of aliphatic carboxylic acids is 3. The first kappa shape index (κ1) is 37.1. The minimum absolute atomic E-state index is 0.0292. The Hall–Kier alpha value is -3.36. The average Bonchev–Trinajstić information content (AvgIpc) is 3.22. The summed E-state index contributed by atoms with van der Waals surface area (Å²) in [6.07, 6.45) is -4.15. The number of ether oxygens (including phenoxy) is 3. The lowest BCUT2D eigenvalue weighted by molar-refractivity contribution is -0.374. The highest BCUT2D eigenvalue weighted by molar-refractivity contribution is 5.98. The Morgan fingerprint density at radius 3 is 2.17 bits per heavy atom. The molecule has 2 heterocycles. The van der Waals surface area contributed by atoms with Crippen LogP contribution in [0.25, 0.3) is 0 Å². The molecule has 0 radical (unpaired) electrons. The number of carbonyl (C=O) groups excluding carboxylic acids is 1. The molecular weight excluding hydrogens is 604 g/mol. The molecule has 6 N–H and O–H groups in total. The predicted molar refractivity (Wildman–Crippen MR) is 161 cm³/mol. The molecule has 11 atom stereocenters. The van der Waals surface area contributed by atoms with Crippen molar-refractivity contribution in [3.63, 3.8) is 0 Å². The number of carboxylic acid groups (broad SMARTS) is 3. The third-order valence-electron chi connectivity index (χ3n) is 9.39. The molecular formula is C33H46O13. The summed E-state index contributed by atoms with van der Waals surface area (Å²) in [7, 11) is 0. The summed E-state index contributed by atoms with van der Waals surface area (Å²) in [5.74, 6) is -10.8. The van der Waals surface area contributed by atoms with Crippen LogP contribution >= 0.6 is 0 Å². The van der Waals surface area contributed by atoms with Crippen LogP contribution in [-0.2, 0) is 39.8 Å². The SMILES string of the molecule is CC[C@H](C)C[C@H](C)/C=C/C(=O)O[C@@H]1[C@@H](O)[C@@]2(CC[C@@H](C)[C@@H](O)[C@H](C)Cc3ccccc3)O[C@H](C(=O)O)[C@@](O)(C(=O)O)[C@]1(C(=O)O)O2. The number of hydrogen-bond donors (Lipinski definition) is 6. The van der Waals surface area contributed by atoms with Crippen LogP contribution in [-0.4, -0.2) is 95.9 Å². The molecule has 13 nitrogen and oxygen atoms in total. The molecule has 1 aromatic rings. The third-order valence-corrected chi connectivity index (χ3v) is 9.39. The molecule has 3 rings (SSSR count). The smallest absolute Gasteiger partial charge is 0.344 e. The lowest BCUT2D eigenvalue weighted by Crippen LogP contribution is -2.78. The van der Waals surface area contributed by atoms with Gasteiger partial charge in [-0.25, -0.2) is 19.2 Å². The molecule has 0 aromatic heterocycles. The van der Waals surface area contributed by atoms with E-state index in [-0.39, 0.29) is 18.3 Å². The second kappa shape index (κ2) is 14.6. The molecule has 46 heavy (non-hydrogen) atoms. The van der Waals surface area contributed by atoms with Gasteiger partial charge in [-0.05, 0) is 48.5 Å². The van der Waals surface area contributed by atoms with Crippen molar-refractivity contribution >= 4 is 23.9 Å². The van der Waals surface area contributed by atoms with Gasteiger partial charge in [0.1, 0.15) is 6.10 Å². The zero-order valence-electron chi connectivity index (χ0n) is 26.7. The van der Waals surface area contributed by atoms with Gasteiger partial charge < -0.3 is 44.8 Å². The summed E-state index contributed by atoms with van der Waals surface area (Å²) in [5.41, 5.74) is -6.35. The van der Waals surface area contributed by atoms with E-state index >= 15 is 0 Å². The molecule has 2 aliphatic heterocycles. The van der Waals surface area contributed by atoms with Gasteiger partial charge in [-0.15, -0.1) is 0 Å². The molecule has 0 saturated carbocycles. The number of benzene rings is 1. The summed E-state index contributed by atoms with van der Waals surface area (Å²) in [6, 6.07) is 9.43. The molecule has 256 valence electrons. The standard InChI is InChI=1S/C33H46O13/c1-6-18(2)16-19(3)12-13-23(34)44-26-25(36)31(15-14-20(4)24(35)21(5)17-22-10-8-7-9-11-22)45-27(28(37)38)32(43,29(39)40)33(26,46-31)30(41)42/h7-13,18-21,24-27,35-36,43H,6,14-17H2,1-5H3,(H,37,38)(H,39,40)(H,41,42)/b13-12+/t18-,19+,20+,21+,24+,25+,26+,27+,31-,32+,33-/m0/s1. The highest BCUT2D eigenvalue weighted by atomic mass is 16.8. The van der Waals surface area contributed by atoms with E-state index in [1.807, 2.05) is 58.0 Å². The van der Waals surface area contributed by atoms with Gasteiger partial charge in [-0.2, -0.15) is 0 Å². The maximum absolute atomic E-state index is 13.0. The predicted octanol–water partition coefficient (Wildman–Crippen LogP) is 2.39. The van der Waals surface area contributed by atoms with Gasteiger partial charge in [0.25, 0.3) is 0 Å². The molecule has 13 heteroatoms. The normalized spacial score (nSPS) is 32.3. The number of rotatable bonds is 16. The van der Waals surface area contributed by atoms with Gasteiger partial charge in [0, 0.05) is 12.5 Å². The number of allylic oxidation sites excluding steroid dienone is 1. The Morgan fingerprint density at radius 2 is 1.63 bits per heavy atom. The van der Waals surface area contributed by atoms with Crippen LogP contribution in [0.5, 0.6) is 0 Å². The molecule has 2 aliphatic rings. The Kier molecular flexibility index (Phi) is 11.8. The molecule has 0 amide bonds. The minimum Gasteiger partial charge on any atom is -0.479 e. The maximum atomic E-state index is 13.0. The molecule has 2 saturated heterocycles. The van der Waals surface area contributed by atoms with Crippen molar-refractivity contribution in [2.24, 2.45) is 23.7 Å². The molecule has 2 fully saturated rings. The summed E-state index contributed by atoms with van der Waals surface area (Å²) in [6.45, 7) is 9.40. The molecule has 1 aromatic carbocycles. The highest BCUT2D eigenvalue weighted by Crippen LogP contribution is 2.56. The van der Waals surface area contributed by atoms with E-state index in [1.54, 1.807) is 6.92 Å². The zero-order chi connectivity index (χ0) is 34.6. The quantitative estimate of drug-likeness (QED) is 0.112. The second-order valence-corrected chi connectivity index (χ2v) is 12.9. The first-order valence-corrected chi connectivity index (χ1v) is 15.6. The Balaban J connectivity index is 1.96. The van der Waals surface area contributed by atoms with E-state index in [4.69, 9.17) is 14.2 Å². The number of aliphatic hydroxyl groups is 3. The van der Waals surface area contributed by atoms with E-state index in [9.17, 15) is 49.8 Å². The van der Waals surface area contributed by atoms with Crippen molar-refractivity contribution in [3.8, 4) is 0 Å². The van der Waals surface area contributed by atoms with Crippen LogP contribution in [0.15, 0.2) is 42.5 Å². The fourth-order valence-corrected chi connectivity index (χ4v) is 6.50. The zero-order valence-corrected chi connectivity index (χ0v) is 26.7. The van der Waals surface area contributed by atoms with Gasteiger partial charge in [-0.1, -0.05) is 77.4 Å². The van der Waals surface area contributed by atoms with Crippen molar-refractivity contribution in [2.75, 3.05) is 0 Å². The van der Waals surface area contributed by atoms with Crippen LogP contribution in [0.2, 0.25) is 0 Å². The van der Waals surface area contributed by atoms with Crippen molar-refractivity contribution < 1.29 is 64.0 Å². The molecule has 0 aliphatic carbocycles. The maximum Gasteiger partial charge on any atom is 0.344 e. The Bertz CT molecular complexity index is 1280. The van der Waals surface area contributed by atoms with Crippen LogP contribution in [0.4, 0.5) is 0 Å². The van der Waals surface area contributed by atoms with E-state index in [0.717, 1.165) is 24.5 Å². The summed E-state index contributed by atoms with van der Waals surface area (Å²) >= 11 is 0. The number of carbonyl (C=O) groups is 4. The van der Waals surface area contributed by atoms with E-state index in [1.165, 1.54) is 6.08 Å². The van der Waals surface area contributed by atoms with Crippen molar-refractivity contribution in [2.45, 2.75) is 108 Å². The summed E-state index contributed by atoms with van der Waals surface area (Å²) < 4.78 is 16.4. The van der Waals surface area contributed by atoms with Crippen LogP contribution in [0, 0.1) is 23.7 Å². The van der Waals surface area contributed by atoms with Gasteiger partial charge in [0.05, 0.1) is 6.10 Å². The van der Waals surface area contributed by atoms with Gasteiger partial charge in [-0.3, -0.25) is 0 Å². The molecule has 0 unspecified atom stereocenters. The first-order chi connectivity index (χ1) is 21.5. The topological polar surface area (TPSA) is 217 Å². The van der Waals surface area contributed by atoms with E-state index in [0.29, 0.717) is 12.3 Å². The van der Waals surface area contributed by atoms with Crippen molar-refractivity contribution in [3.05, 3.63) is 48.0 Å². The highest BCUT2D eigenvalue weighted by Gasteiger charge is 2.85. The average molecular weight is 651 g/mol. The van der Waals surface area contributed by atoms with Crippen LogP contribution in [0.3, 0.4) is 0 Å². The largest absolute Gasteiger partial charge is 0.479 e. The second-order valence-electron chi connectivity index (χ2n) is 12.9.